The van der Waals surface area contributed by atoms with E-state index in [0.717, 1.165) is 17.5 Å². The fourth-order valence-corrected chi connectivity index (χ4v) is 5.58. The van der Waals surface area contributed by atoms with Gasteiger partial charge in [0.25, 0.3) is 5.91 Å². The first-order chi connectivity index (χ1) is 15.0. The van der Waals surface area contributed by atoms with Crippen LogP contribution in [-0.4, -0.2) is 47.0 Å². The van der Waals surface area contributed by atoms with E-state index in [-0.39, 0.29) is 29.0 Å². The van der Waals surface area contributed by atoms with Crippen LogP contribution in [0.15, 0.2) is 54.6 Å². The van der Waals surface area contributed by atoms with E-state index in [4.69, 9.17) is 0 Å². The molecule has 0 aliphatic carbocycles. The highest BCUT2D eigenvalue weighted by Gasteiger charge is 2.48. The number of carbonyl (C=O) groups excluding carboxylic acids is 3. The maximum absolute atomic E-state index is 13.1. The van der Waals surface area contributed by atoms with E-state index in [1.807, 2.05) is 68.4 Å². The molecule has 4 rings (SSSR count). The molecule has 3 atom stereocenters. The molecule has 3 amide bonds. The fraction of sp³-hybridized carbons (Fsp3) is 0.375. The van der Waals surface area contributed by atoms with Crippen molar-refractivity contribution in [3.8, 4) is 0 Å². The summed E-state index contributed by atoms with van der Waals surface area (Å²) in [5, 5.41) is 5.72. The van der Waals surface area contributed by atoms with Gasteiger partial charge in [0.1, 0.15) is 17.5 Å². The van der Waals surface area contributed by atoms with Crippen molar-refractivity contribution in [2.24, 2.45) is 5.92 Å². The molecule has 0 radical (unpaired) electrons. The van der Waals surface area contributed by atoms with E-state index < -0.39 is 12.1 Å². The van der Waals surface area contributed by atoms with Crippen LogP contribution in [0.2, 0.25) is 0 Å². The second-order valence-electron chi connectivity index (χ2n) is 8.26. The minimum absolute atomic E-state index is 0.0722. The Labute approximate surface area is 186 Å². The van der Waals surface area contributed by atoms with Crippen LogP contribution in [-0.2, 0) is 16.0 Å². The molecule has 1 fully saturated rings. The number of hydrogen-bond donors (Lipinski definition) is 2. The van der Waals surface area contributed by atoms with Crippen molar-refractivity contribution < 1.29 is 14.4 Å². The number of thioether (sulfide) groups is 1. The molecule has 2 aliphatic heterocycles. The van der Waals surface area contributed by atoms with E-state index in [1.54, 1.807) is 16.7 Å². The number of nitrogens with one attached hydrogen (secondary N) is 2. The van der Waals surface area contributed by atoms with Gasteiger partial charge in [-0.15, -0.1) is 11.8 Å². The number of nitrogens with zero attached hydrogens (tertiary/aromatic N) is 1. The van der Waals surface area contributed by atoms with Gasteiger partial charge in [-0.2, -0.15) is 0 Å². The monoisotopic (exact) mass is 437 g/mol. The molecule has 2 aromatic carbocycles. The van der Waals surface area contributed by atoms with Crippen LogP contribution in [0, 0.1) is 5.92 Å². The third-order valence-corrected chi connectivity index (χ3v) is 7.10. The Kier molecular flexibility index (Phi) is 6.32. The Hall–Kier alpha value is -2.80. The molecule has 31 heavy (non-hydrogen) atoms. The second kappa shape index (κ2) is 9.14. The Bertz CT molecular complexity index is 979. The molecule has 0 aromatic heterocycles. The predicted octanol–water partition coefficient (Wildman–Crippen LogP) is 2.76. The maximum atomic E-state index is 13.1. The largest absolute Gasteiger partial charge is 0.354 e. The van der Waals surface area contributed by atoms with Gasteiger partial charge in [0.05, 0.1) is 0 Å². The summed E-state index contributed by atoms with van der Waals surface area (Å²) in [7, 11) is 0. The zero-order chi connectivity index (χ0) is 22.0. The summed E-state index contributed by atoms with van der Waals surface area (Å²) in [5.74, 6) is -0.126. The average molecular weight is 438 g/mol. The smallest absolute Gasteiger partial charge is 0.256 e. The lowest BCUT2D eigenvalue weighted by Crippen LogP contribution is -2.55. The third kappa shape index (κ3) is 4.32. The van der Waals surface area contributed by atoms with Gasteiger partial charge in [-0.05, 0) is 29.5 Å². The first-order valence-electron chi connectivity index (χ1n) is 10.6. The Morgan fingerprint density at radius 3 is 2.55 bits per heavy atom. The van der Waals surface area contributed by atoms with Gasteiger partial charge < -0.3 is 15.5 Å². The zero-order valence-electron chi connectivity index (χ0n) is 17.7. The van der Waals surface area contributed by atoms with E-state index in [9.17, 15) is 14.4 Å². The SMILES string of the molecule is CC(C)[C@H](NC(=O)[C@@H]1CS[C@H]2c3ccccc3C(=O)N12)C(=O)NCCc1ccccc1. The molecule has 2 aromatic rings. The van der Waals surface area contributed by atoms with Crippen molar-refractivity contribution in [3.05, 3.63) is 71.3 Å². The van der Waals surface area contributed by atoms with Gasteiger partial charge in [0.2, 0.25) is 11.8 Å². The van der Waals surface area contributed by atoms with Gasteiger partial charge in [-0.3, -0.25) is 14.4 Å². The third-order valence-electron chi connectivity index (χ3n) is 5.80. The number of benzene rings is 2. The number of fused-ring (bicyclic) bond motifs is 3. The van der Waals surface area contributed by atoms with Crippen LogP contribution in [0.5, 0.6) is 0 Å². The highest BCUT2D eigenvalue weighted by atomic mass is 32.2. The lowest BCUT2D eigenvalue weighted by molar-refractivity contribution is -0.131. The summed E-state index contributed by atoms with van der Waals surface area (Å²) < 4.78 is 0. The van der Waals surface area contributed by atoms with Crippen molar-refractivity contribution in [3.63, 3.8) is 0 Å². The van der Waals surface area contributed by atoms with Crippen molar-refractivity contribution in [1.82, 2.24) is 15.5 Å². The van der Waals surface area contributed by atoms with E-state index in [2.05, 4.69) is 10.6 Å². The number of hydrogen-bond acceptors (Lipinski definition) is 4. The highest BCUT2D eigenvalue weighted by Crippen LogP contribution is 2.48. The van der Waals surface area contributed by atoms with Crippen LogP contribution in [0.25, 0.3) is 0 Å². The molecule has 2 heterocycles. The highest BCUT2D eigenvalue weighted by molar-refractivity contribution is 7.99. The van der Waals surface area contributed by atoms with Gasteiger partial charge >= 0.3 is 0 Å². The summed E-state index contributed by atoms with van der Waals surface area (Å²) in [6.45, 7) is 4.32. The molecule has 1 saturated heterocycles. The summed E-state index contributed by atoms with van der Waals surface area (Å²) in [6, 6.07) is 16.2. The van der Waals surface area contributed by atoms with Crippen molar-refractivity contribution in [2.45, 2.75) is 37.7 Å². The Balaban J connectivity index is 1.38. The summed E-state index contributed by atoms with van der Waals surface area (Å²) in [5.41, 5.74) is 2.78. The van der Waals surface area contributed by atoms with Crippen molar-refractivity contribution in [1.29, 1.82) is 0 Å². The molecule has 2 N–H and O–H groups in total. The van der Waals surface area contributed by atoms with E-state index >= 15 is 0 Å². The van der Waals surface area contributed by atoms with Crippen LogP contribution >= 0.6 is 11.8 Å². The molecular formula is C24H27N3O3S. The maximum Gasteiger partial charge on any atom is 0.256 e. The van der Waals surface area contributed by atoms with E-state index in [1.165, 1.54) is 0 Å². The van der Waals surface area contributed by atoms with Crippen LogP contribution in [0.1, 0.15) is 40.7 Å². The molecule has 0 spiro atoms. The van der Waals surface area contributed by atoms with Crippen molar-refractivity contribution >= 4 is 29.5 Å². The van der Waals surface area contributed by atoms with Crippen molar-refractivity contribution in [2.75, 3.05) is 12.3 Å². The molecule has 0 saturated carbocycles. The molecule has 0 bridgehead atoms. The van der Waals surface area contributed by atoms with Gasteiger partial charge in [-0.25, -0.2) is 0 Å². The molecule has 0 unspecified atom stereocenters. The molecular weight excluding hydrogens is 410 g/mol. The Morgan fingerprint density at radius 2 is 1.81 bits per heavy atom. The normalized spacial score (nSPS) is 20.4. The average Bonchev–Trinajstić information content (AvgIpc) is 3.33. The first kappa shape index (κ1) is 21.4. The molecule has 2 aliphatic rings. The summed E-state index contributed by atoms with van der Waals surface area (Å²) in [4.78, 5) is 40.4. The minimum Gasteiger partial charge on any atom is -0.354 e. The van der Waals surface area contributed by atoms with Gasteiger partial charge in [0, 0.05) is 17.9 Å². The van der Waals surface area contributed by atoms with Crippen LogP contribution in [0.4, 0.5) is 0 Å². The topological polar surface area (TPSA) is 78.5 Å². The second-order valence-corrected chi connectivity index (χ2v) is 9.37. The molecule has 6 nitrogen and oxygen atoms in total. The fourth-order valence-electron chi connectivity index (χ4n) is 4.11. The standard InChI is InChI=1S/C24H27N3O3S/c1-15(2)20(22(29)25-13-12-16-8-4-3-5-9-16)26-21(28)19-14-31-24-18-11-7-6-10-17(18)23(30)27(19)24/h3-11,15,19-20,24H,12-14H2,1-2H3,(H,25,29)(H,26,28)/t19-,20-,24-/m0/s1. The first-order valence-corrected chi connectivity index (χ1v) is 11.7. The Morgan fingerprint density at radius 1 is 1.10 bits per heavy atom. The minimum atomic E-state index is -0.646. The lowest BCUT2D eigenvalue weighted by Gasteiger charge is -2.27. The number of carbonyl (C=O) groups is 3. The van der Waals surface area contributed by atoms with Crippen LogP contribution < -0.4 is 10.6 Å². The van der Waals surface area contributed by atoms with E-state index in [0.29, 0.717) is 17.9 Å². The zero-order valence-corrected chi connectivity index (χ0v) is 18.5. The lowest BCUT2D eigenvalue weighted by atomic mass is 10.0. The number of rotatable bonds is 7. The van der Waals surface area contributed by atoms with Gasteiger partial charge in [-0.1, -0.05) is 62.4 Å². The quantitative estimate of drug-likeness (QED) is 0.698. The molecule has 7 heteroatoms. The van der Waals surface area contributed by atoms with Gasteiger partial charge in [0.15, 0.2) is 0 Å². The molecule has 162 valence electrons. The summed E-state index contributed by atoms with van der Waals surface area (Å²) in [6.07, 6.45) is 0.729. The summed E-state index contributed by atoms with van der Waals surface area (Å²) >= 11 is 1.59. The number of amides is 3. The van der Waals surface area contributed by atoms with Crippen LogP contribution in [0.3, 0.4) is 0 Å². The predicted molar refractivity (Wildman–Crippen MR) is 122 cm³/mol.